The summed E-state index contributed by atoms with van der Waals surface area (Å²) in [4.78, 5) is 0. The second-order valence-electron chi connectivity index (χ2n) is 4.06. The van der Waals surface area contributed by atoms with Gasteiger partial charge in [0.05, 0.1) is 13.2 Å². The Morgan fingerprint density at radius 2 is 1.92 bits per heavy atom. The molecule has 0 aliphatic carbocycles. The number of morpholine rings is 1. The zero-order valence-electron chi connectivity index (χ0n) is 8.12. The average Bonchev–Trinajstić information content (AvgIpc) is 2.03. The van der Waals surface area contributed by atoms with Crippen molar-refractivity contribution in [3.05, 3.63) is 0 Å². The molecule has 0 unspecified atom stereocenters. The summed E-state index contributed by atoms with van der Waals surface area (Å²) in [6.07, 6.45) is 1.09. The van der Waals surface area contributed by atoms with Gasteiger partial charge in [-0.25, -0.2) is 5.21 Å². The molecule has 0 saturated carbocycles. The number of nitrogens with zero attached hydrogens (tertiary/aromatic N) is 1. The third-order valence-corrected chi connectivity index (χ3v) is 2.43. The van der Waals surface area contributed by atoms with Crippen molar-refractivity contribution in [1.29, 1.82) is 0 Å². The summed E-state index contributed by atoms with van der Waals surface area (Å²) in [5.41, 5.74) is 0. The van der Waals surface area contributed by atoms with Gasteiger partial charge in [-0.3, -0.25) is 0 Å². The molecule has 3 nitrogen and oxygen atoms in total. The van der Waals surface area contributed by atoms with Gasteiger partial charge in [-0.2, -0.15) is 4.65 Å². The SMILES string of the molecule is CC(C)CC[N+]1(O)CCOCC1. The quantitative estimate of drug-likeness (QED) is 0.653. The molecule has 1 heterocycles. The molecule has 1 fully saturated rings. The zero-order valence-corrected chi connectivity index (χ0v) is 8.12. The van der Waals surface area contributed by atoms with Gasteiger partial charge in [0.25, 0.3) is 0 Å². The highest BCUT2D eigenvalue weighted by molar-refractivity contribution is 4.47. The Hall–Kier alpha value is -0.120. The molecule has 1 rings (SSSR count). The van der Waals surface area contributed by atoms with Gasteiger partial charge in [0.1, 0.15) is 19.6 Å². The van der Waals surface area contributed by atoms with Crippen molar-refractivity contribution < 1.29 is 14.6 Å². The Labute approximate surface area is 74.5 Å². The van der Waals surface area contributed by atoms with Crippen molar-refractivity contribution in [2.45, 2.75) is 20.3 Å². The molecule has 1 saturated heterocycles. The van der Waals surface area contributed by atoms with E-state index in [4.69, 9.17) is 4.74 Å². The van der Waals surface area contributed by atoms with Crippen molar-refractivity contribution in [3.63, 3.8) is 0 Å². The Kier molecular flexibility index (Phi) is 3.50. The van der Waals surface area contributed by atoms with E-state index in [1.54, 1.807) is 0 Å². The van der Waals surface area contributed by atoms with Crippen LogP contribution in [0.5, 0.6) is 0 Å². The summed E-state index contributed by atoms with van der Waals surface area (Å²) in [6.45, 7) is 8.17. The van der Waals surface area contributed by atoms with E-state index in [2.05, 4.69) is 13.8 Å². The first-order valence-electron chi connectivity index (χ1n) is 4.79. The fourth-order valence-corrected chi connectivity index (χ4v) is 1.40. The van der Waals surface area contributed by atoms with Crippen LogP contribution in [0.1, 0.15) is 20.3 Å². The smallest absolute Gasteiger partial charge is 0.132 e. The highest BCUT2D eigenvalue weighted by Gasteiger charge is 2.28. The summed E-state index contributed by atoms with van der Waals surface area (Å²) in [5.74, 6) is 0.676. The van der Waals surface area contributed by atoms with Crippen LogP contribution in [0.4, 0.5) is 0 Å². The summed E-state index contributed by atoms with van der Waals surface area (Å²) >= 11 is 0. The molecular weight excluding hydrogens is 154 g/mol. The van der Waals surface area contributed by atoms with Gasteiger partial charge in [0.2, 0.25) is 0 Å². The van der Waals surface area contributed by atoms with Crippen LogP contribution in [-0.2, 0) is 4.74 Å². The van der Waals surface area contributed by atoms with E-state index < -0.39 is 0 Å². The highest BCUT2D eigenvalue weighted by atomic mass is 16.6. The molecule has 0 atom stereocenters. The van der Waals surface area contributed by atoms with Gasteiger partial charge >= 0.3 is 0 Å². The maximum Gasteiger partial charge on any atom is 0.132 e. The number of rotatable bonds is 3. The Balaban J connectivity index is 2.26. The third kappa shape index (κ3) is 3.09. The first-order chi connectivity index (χ1) is 5.62. The van der Waals surface area contributed by atoms with Crippen LogP contribution in [-0.4, -0.2) is 42.7 Å². The van der Waals surface area contributed by atoms with E-state index >= 15 is 0 Å². The van der Waals surface area contributed by atoms with Gasteiger partial charge in [0.15, 0.2) is 0 Å². The van der Waals surface area contributed by atoms with Gasteiger partial charge in [-0.1, -0.05) is 13.8 Å². The normalized spacial score (nSPS) is 23.0. The van der Waals surface area contributed by atoms with Crippen LogP contribution in [0.2, 0.25) is 0 Å². The molecule has 1 aliphatic rings. The van der Waals surface area contributed by atoms with Gasteiger partial charge < -0.3 is 4.74 Å². The first-order valence-corrected chi connectivity index (χ1v) is 4.79. The predicted molar refractivity (Wildman–Crippen MR) is 46.9 cm³/mol. The lowest BCUT2D eigenvalue weighted by Crippen LogP contribution is -2.53. The Morgan fingerprint density at radius 1 is 1.33 bits per heavy atom. The summed E-state index contributed by atoms with van der Waals surface area (Å²) in [5, 5.41) is 9.98. The molecule has 3 heteroatoms. The second-order valence-corrected chi connectivity index (χ2v) is 4.06. The number of hydrogen-bond donors (Lipinski definition) is 1. The van der Waals surface area contributed by atoms with Gasteiger partial charge in [-0.15, -0.1) is 0 Å². The second kappa shape index (κ2) is 4.21. The average molecular weight is 174 g/mol. The van der Waals surface area contributed by atoms with Crippen LogP contribution >= 0.6 is 0 Å². The Bertz CT molecular complexity index is 130. The molecular formula is C9H20NO2+. The fraction of sp³-hybridized carbons (Fsp3) is 1.00. The molecule has 0 amide bonds. The van der Waals surface area contributed by atoms with E-state index in [-0.39, 0.29) is 4.65 Å². The monoisotopic (exact) mass is 174 g/mol. The van der Waals surface area contributed by atoms with Crippen LogP contribution in [0.25, 0.3) is 0 Å². The number of hydroxylamine groups is 3. The summed E-state index contributed by atoms with van der Waals surface area (Å²) in [6, 6.07) is 0. The summed E-state index contributed by atoms with van der Waals surface area (Å²) < 4.78 is 5.42. The molecule has 12 heavy (non-hydrogen) atoms. The maximum absolute atomic E-state index is 9.98. The predicted octanol–water partition coefficient (Wildman–Crippen LogP) is 1.27. The van der Waals surface area contributed by atoms with Crippen LogP contribution < -0.4 is 0 Å². The van der Waals surface area contributed by atoms with Crippen molar-refractivity contribution in [1.82, 2.24) is 0 Å². The topological polar surface area (TPSA) is 29.5 Å². The molecule has 1 aliphatic heterocycles. The molecule has 0 bridgehead atoms. The van der Waals surface area contributed by atoms with E-state index in [1.807, 2.05) is 0 Å². The molecule has 1 N–H and O–H groups in total. The first kappa shape index (κ1) is 9.96. The lowest BCUT2D eigenvalue weighted by molar-refractivity contribution is -1.11. The standard InChI is InChI=1S/C9H20NO2/c1-9(2)3-4-10(11)5-7-12-8-6-10/h9,11H,3-8H2,1-2H3/q+1. The van der Waals surface area contributed by atoms with E-state index in [9.17, 15) is 5.21 Å². The third-order valence-electron chi connectivity index (χ3n) is 2.43. The molecule has 72 valence electrons. The largest absolute Gasteiger partial charge is 0.370 e. The zero-order chi connectivity index (χ0) is 9.03. The molecule has 0 aromatic heterocycles. The van der Waals surface area contributed by atoms with Crippen molar-refractivity contribution >= 4 is 0 Å². The molecule has 0 spiro atoms. The van der Waals surface area contributed by atoms with Gasteiger partial charge in [0, 0.05) is 6.42 Å². The van der Waals surface area contributed by atoms with Crippen molar-refractivity contribution in [3.8, 4) is 0 Å². The minimum absolute atomic E-state index is 0.220. The lowest BCUT2D eigenvalue weighted by Gasteiger charge is -2.33. The molecule has 0 aromatic carbocycles. The van der Waals surface area contributed by atoms with Crippen molar-refractivity contribution in [2.24, 2.45) is 5.92 Å². The van der Waals surface area contributed by atoms with E-state index in [0.29, 0.717) is 19.1 Å². The maximum atomic E-state index is 9.98. The highest BCUT2D eigenvalue weighted by Crippen LogP contribution is 2.11. The van der Waals surface area contributed by atoms with Crippen LogP contribution in [0, 0.1) is 5.92 Å². The minimum Gasteiger partial charge on any atom is -0.370 e. The van der Waals surface area contributed by atoms with E-state index in [0.717, 1.165) is 26.1 Å². The van der Waals surface area contributed by atoms with Gasteiger partial charge in [-0.05, 0) is 5.92 Å². The van der Waals surface area contributed by atoms with Crippen LogP contribution in [0.3, 0.4) is 0 Å². The minimum atomic E-state index is 0.220. The van der Waals surface area contributed by atoms with Crippen molar-refractivity contribution in [2.75, 3.05) is 32.8 Å². The number of quaternary nitrogens is 1. The lowest BCUT2D eigenvalue weighted by atomic mass is 10.1. The summed E-state index contributed by atoms with van der Waals surface area (Å²) in [7, 11) is 0. The molecule has 0 aromatic rings. The van der Waals surface area contributed by atoms with Crippen LogP contribution in [0.15, 0.2) is 0 Å². The molecule has 0 radical (unpaired) electrons. The number of ether oxygens (including phenoxy) is 1. The van der Waals surface area contributed by atoms with E-state index in [1.165, 1.54) is 0 Å². The Morgan fingerprint density at radius 3 is 2.42 bits per heavy atom. The fourth-order valence-electron chi connectivity index (χ4n) is 1.40. The number of hydrogen-bond acceptors (Lipinski definition) is 2.